The lowest BCUT2D eigenvalue weighted by molar-refractivity contribution is 0.164. The zero-order valence-electron chi connectivity index (χ0n) is 13.1. The van der Waals surface area contributed by atoms with Crippen molar-refractivity contribution < 1.29 is 13.5 Å². The van der Waals surface area contributed by atoms with E-state index in [2.05, 4.69) is 0 Å². The lowest BCUT2D eigenvalue weighted by Gasteiger charge is -2.31. The summed E-state index contributed by atoms with van der Waals surface area (Å²) in [6, 6.07) is 5.85. The number of nitrogens with zero attached hydrogens (tertiary/aromatic N) is 1. The molecule has 1 fully saturated rings. The first kappa shape index (κ1) is 17.7. The van der Waals surface area contributed by atoms with Gasteiger partial charge in [0.15, 0.2) is 0 Å². The smallest absolute Gasteiger partial charge is 0.243 e. The van der Waals surface area contributed by atoms with Crippen molar-refractivity contribution in [3.63, 3.8) is 0 Å². The lowest BCUT2D eigenvalue weighted by Crippen LogP contribution is -2.44. The third-order valence-electron chi connectivity index (χ3n) is 3.92. The number of sulfonamides is 1. The van der Waals surface area contributed by atoms with E-state index >= 15 is 0 Å². The summed E-state index contributed by atoms with van der Waals surface area (Å²) in [5, 5.41) is 10.2. The molecule has 1 atom stereocenters. The topological polar surface area (TPSA) is 57.6 Å². The summed E-state index contributed by atoms with van der Waals surface area (Å²) < 4.78 is 27.4. The van der Waals surface area contributed by atoms with Crippen LogP contribution in [0.2, 0.25) is 5.02 Å². The molecule has 0 spiro atoms. The van der Waals surface area contributed by atoms with Crippen molar-refractivity contribution in [2.45, 2.75) is 44.0 Å². The normalized spacial score (nSPS) is 17.2. The molecule has 4 nitrogen and oxygen atoms in total. The van der Waals surface area contributed by atoms with Gasteiger partial charge >= 0.3 is 0 Å². The van der Waals surface area contributed by atoms with Gasteiger partial charge in [-0.3, -0.25) is 0 Å². The maximum atomic E-state index is 13.0. The fraction of sp³-hybridized carbons (Fsp3) is 0.625. The molecule has 0 bridgehead atoms. The summed E-state index contributed by atoms with van der Waals surface area (Å²) in [5.74, 6) is 0.738. The van der Waals surface area contributed by atoms with E-state index in [-0.39, 0.29) is 17.5 Å². The lowest BCUT2D eigenvalue weighted by atomic mass is 10.0. The summed E-state index contributed by atoms with van der Waals surface area (Å²) in [5.41, 5.74) is 0. The van der Waals surface area contributed by atoms with Gasteiger partial charge in [0.05, 0.1) is 11.5 Å². The van der Waals surface area contributed by atoms with Crippen LogP contribution in [0.4, 0.5) is 0 Å². The second-order valence-corrected chi connectivity index (χ2v) is 8.76. The molecule has 1 aliphatic carbocycles. The predicted molar refractivity (Wildman–Crippen MR) is 88.4 cm³/mol. The van der Waals surface area contributed by atoms with Crippen molar-refractivity contribution in [1.82, 2.24) is 4.31 Å². The Labute approximate surface area is 138 Å². The number of rotatable bonds is 8. The van der Waals surface area contributed by atoms with Crippen LogP contribution in [0.1, 0.15) is 33.1 Å². The molecule has 1 unspecified atom stereocenters. The van der Waals surface area contributed by atoms with Crippen LogP contribution in [-0.2, 0) is 10.0 Å². The Morgan fingerprint density at radius 3 is 2.32 bits per heavy atom. The molecule has 124 valence electrons. The van der Waals surface area contributed by atoms with Crippen LogP contribution < -0.4 is 0 Å². The van der Waals surface area contributed by atoms with Crippen LogP contribution in [0, 0.1) is 11.8 Å². The first-order chi connectivity index (χ1) is 10.3. The summed E-state index contributed by atoms with van der Waals surface area (Å²) in [4.78, 5) is 0.236. The fourth-order valence-corrected chi connectivity index (χ4v) is 4.40. The van der Waals surface area contributed by atoms with Crippen molar-refractivity contribution in [2.75, 3.05) is 13.2 Å². The Bertz CT molecular complexity index is 582. The van der Waals surface area contributed by atoms with E-state index in [9.17, 15) is 13.5 Å². The number of hydrogen-bond donors (Lipinski definition) is 1. The van der Waals surface area contributed by atoms with Gasteiger partial charge in [0.1, 0.15) is 0 Å². The van der Waals surface area contributed by atoms with Gasteiger partial charge in [0, 0.05) is 17.6 Å². The second-order valence-electron chi connectivity index (χ2n) is 6.44. The van der Waals surface area contributed by atoms with Crippen molar-refractivity contribution in [2.24, 2.45) is 11.8 Å². The summed E-state index contributed by atoms with van der Waals surface area (Å²) >= 11 is 5.85. The Morgan fingerprint density at radius 1 is 1.27 bits per heavy atom. The number of halogens is 1. The van der Waals surface area contributed by atoms with E-state index < -0.39 is 10.0 Å². The number of benzene rings is 1. The molecule has 6 heteroatoms. The van der Waals surface area contributed by atoms with Crippen LogP contribution in [-0.4, -0.2) is 37.0 Å². The van der Waals surface area contributed by atoms with Gasteiger partial charge in [-0.1, -0.05) is 25.4 Å². The van der Waals surface area contributed by atoms with Crippen molar-refractivity contribution in [3.05, 3.63) is 29.3 Å². The van der Waals surface area contributed by atoms with Crippen molar-refractivity contribution in [1.29, 1.82) is 0 Å². The summed E-state index contributed by atoms with van der Waals surface area (Å²) in [6.07, 6.45) is 2.77. The van der Waals surface area contributed by atoms with E-state index in [4.69, 9.17) is 11.6 Å². The van der Waals surface area contributed by atoms with Gasteiger partial charge in [0.25, 0.3) is 0 Å². The molecule has 2 rings (SSSR count). The third kappa shape index (κ3) is 4.44. The van der Waals surface area contributed by atoms with Gasteiger partial charge in [-0.15, -0.1) is 0 Å². The minimum Gasteiger partial charge on any atom is -0.395 e. The SMILES string of the molecule is CC(C)CC(CO)N(CC1CC1)S(=O)(=O)c1ccc(Cl)cc1. The minimum atomic E-state index is -3.62. The molecule has 0 aromatic heterocycles. The zero-order chi connectivity index (χ0) is 16.3. The molecular formula is C16H24ClNO3S. The number of aliphatic hydroxyl groups excluding tert-OH is 1. The molecule has 0 aliphatic heterocycles. The second kappa shape index (κ2) is 7.30. The molecule has 0 saturated heterocycles. The third-order valence-corrected chi connectivity index (χ3v) is 6.10. The Balaban J connectivity index is 2.31. The highest BCUT2D eigenvalue weighted by Gasteiger charge is 2.36. The predicted octanol–water partition coefficient (Wildman–Crippen LogP) is 3.15. The molecule has 0 radical (unpaired) electrons. The molecule has 1 aromatic rings. The van der Waals surface area contributed by atoms with Gasteiger partial charge in [-0.05, 0) is 55.4 Å². The molecule has 1 aliphatic rings. The Morgan fingerprint density at radius 2 is 1.86 bits per heavy atom. The van der Waals surface area contributed by atoms with E-state index in [0.29, 0.717) is 29.8 Å². The van der Waals surface area contributed by atoms with Crippen LogP contribution in [0.25, 0.3) is 0 Å². The Hall–Kier alpha value is -0.620. The van der Waals surface area contributed by atoms with Crippen LogP contribution >= 0.6 is 11.6 Å². The first-order valence-electron chi connectivity index (χ1n) is 7.73. The summed E-state index contributed by atoms with van der Waals surface area (Å²) in [6.45, 7) is 4.40. The molecular weight excluding hydrogens is 322 g/mol. The quantitative estimate of drug-likeness (QED) is 0.787. The standard InChI is InChI=1S/C16H24ClNO3S/c1-12(2)9-15(11-19)18(10-13-3-4-13)22(20,21)16-7-5-14(17)6-8-16/h5-8,12-13,15,19H,3-4,9-11H2,1-2H3. The van der Waals surface area contributed by atoms with Gasteiger partial charge < -0.3 is 5.11 Å². The van der Waals surface area contributed by atoms with E-state index in [0.717, 1.165) is 12.8 Å². The largest absolute Gasteiger partial charge is 0.395 e. The Kier molecular flexibility index (Phi) is 5.88. The molecule has 22 heavy (non-hydrogen) atoms. The maximum absolute atomic E-state index is 13.0. The number of aliphatic hydroxyl groups is 1. The highest BCUT2D eigenvalue weighted by molar-refractivity contribution is 7.89. The number of hydrogen-bond acceptors (Lipinski definition) is 3. The molecule has 1 aromatic carbocycles. The van der Waals surface area contributed by atoms with E-state index in [1.807, 2.05) is 13.8 Å². The van der Waals surface area contributed by atoms with E-state index in [1.54, 1.807) is 12.1 Å². The van der Waals surface area contributed by atoms with Crippen LogP contribution in [0.15, 0.2) is 29.2 Å². The van der Waals surface area contributed by atoms with E-state index in [1.165, 1.54) is 16.4 Å². The first-order valence-corrected chi connectivity index (χ1v) is 9.54. The molecule has 0 amide bonds. The van der Waals surface area contributed by atoms with Crippen LogP contribution in [0.3, 0.4) is 0 Å². The highest BCUT2D eigenvalue weighted by atomic mass is 35.5. The molecule has 0 heterocycles. The van der Waals surface area contributed by atoms with Crippen molar-refractivity contribution in [3.8, 4) is 0 Å². The van der Waals surface area contributed by atoms with Gasteiger partial charge in [0.2, 0.25) is 10.0 Å². The molecule has 1 N–H and O–H groups in total. The van der Waals surface area contributed by atoms with Crippen LogP contribution in [0.5, 0.6) is 0 Å². The van der Waals surface area contributed by atoms with Gasteiger partial charge in [-0.2, -0.15) is 4.31 Å². The fourth-order valence-electron chi connectivity index (χ4n) is 2.57. The average molecular weight is 346 g/mol. The van der Waals surface area contributed by atoms with Gasteiger partial charge in [-0.25, -0.2) is 8.42 Å². The molecule has 1 saturated carbocycles. The maximum Gasteiger partial charge on any atom is 0.243 e. The average Bonchev–Trinajstić information content (AvgIpc) is 3.26. The summed E-state index contributed by atoms with van der Waals surface area (Å²) in [7, 11) is -3.62. The van der Waals surface area contributed by atoms with Crippen molar-refractivity contribution >= 4 is 21.6 Å². The highest BCUT2D eigenvalue weighted by Crippen LogP contribution is 2.33. The minimum absolute atomic E-state index is 0.155. The zero-order valence-corrected chi connectivity index (χ0v) is 14.6. The monoisotopic (exact) mass is 345 g/mol.